The Morgan fingerprint density at radius 1 is 1.21 bits per heavy atom. The molecule has 0 saturated heterocycles. The maximum absolute atomic E-state index is 11.4. The van der Waals surface area contributed by atoms with Crippen molar-refractivity contribution in [2.24, 2.45) is 0 Å². The largest absolute Gasteiger partial charge is 0.362 e. The van der Waals surface area contributed by atoms with Gasteiger partial charge in [-0.1, -0.05) is 28.1 Å². The molecule has 0 aliphatic heterocycles. The highest BCUT2D eigenvalue weighted by Gasteiger charge is 2.05. The van der Waals surface area contributed by atoms with E-state index in [1.54, 1.807) is 36.0 Å². The quantitative estimate of drug-likeness (QED) is 0.679. The SMILES string of the molecule is CC(=O)c1cccc(NC=Cc2nnnn2-c2ccc(Br)cc2)c1. The molecule has 0 atom stereocenters. The van der Waals surface area contributed by atoms with E-state index < -0.39 is 0 Å². The average Bonchev–Trinajstić information content (AvgIpc) is 3.04. The minimum Gasteiger partial charge on any atom is -0.362 e. The summed E-state index contributed by atoms with van der Waals surface area (Å²) in [7, 11) is 0. The van der Waals surface area contributed by atoms with Crippen LogP contribution in [0.5, 0.6) is 0 Å². The zero-order valence-corrected chi connectivity index (χ0v) is 14.4. The molecular weight excluding hydrogens is 370 g/mol. The van der Waals surface area contributed by atoms with Crippen molar-refractivity contribution in [1.29, 1.82) is 0 Å². The van der Waals surface area contributed by atoms with Gasteiger partial charge in [0.1, 0.15) is 0 Å². The topological polar surface area (TPSA) is 72.7 Å². The summed E-state index contributed by atoms with van der Waals surface area (Å²) >= 11 is 3.40. The van der Waals surface area contributed by atoms with Gasteiger partial charge >= 0.3 is 0 Å². The molecule has 0 bridgehead atoms. The first-order valence-corrected chi connectivity index (χ1v) is 8.01. The Morgan fingerprint density at radius 2 is 2.00 bits per heavy atom. The first-order chi connectivity index (χ1) is 11.6. The number of nitrogens with zero attached hydrogens (tertiary/aromatic N) is 4. The van der Waals surface area contributed by atoms with E-state index in [1.807, 2.05) is 36.4 Å². The highest BCUT2D eigenvalue weighted by Crippen LogP contribution is 2.15. The Hall–Kier alpha value is -2.80. The van der Waals surface area contributed by atoms with Crippen molar-refractivity contribution in [3.8, 4) is 5.69 Å². The van der Waals surface area contributed by atoms with Crippen molar-refractivity contribution >= 4 is 33.5 Å². The third-order valence-electron chi connectivity index (χ3n) is 3.32. The van der Waals surface area contributed by atoms with Crippen molar-refractivity contribution in [2.45, 2.75) is 6.92 Å². The lowest BCUT2D eigenvalue weighted by molar-refractivity contribution is 0.101. The normalized spacial score (nSPS) is 10.9. The first kappa shape index (κ1) is 16.1. The van der Waals surface area contributed by atoms with Crippen LogP contribution < -0.4 is 5.32 Å². The average molecular weight is 384 g/mol. The van der Waals surface area contributed by atoms with Gasteiger partial charge in [-0.25, -0.2) is 0 Å². The minimum atomic E-state index is 0.0295. The molecule has 3 rings (SSSR count). The Kier molecular flexibility index (Phi) is 4.81. The molecule has 0 spiro atoms. The highest BCUT2D eigenvalue weighted by atomic mass is 79.9. The van der Waals surface area contributed by atoms with Crippen molar-refractivity contribution < 1.29 is 4.79 Å². The third-order valence-corrected chi connectivity index (χ3v) is 3.84. The van der Waals surface area contributed by atoms with Crippen molar-refractivity contribution in [3.05, 3.63) is 70.6 Å². The summed E-state index contributed by atoms with van der Waals surface area (Å²) in [6, 6.07) is 15.0. The molecular formula is C17H14BrN5O. The number of benzene rings is 2. The molecule has 1 aromatic heterocycles. The molecule has 0 aliphatic rings. The van der Waals surface area contributed by atoms with Crippen LogP contribution in [0.15, 0.2) is 59.2 Å². The Balaban J connectivity index is 1.76. The Morgan fingerprint density at radius 3 is 2.75 bits per heavy atom. The Bertz CT molecular complexity index is 886. The smallest absolute Gasteiger partial charge is 0.181 e. The van der Waals surface area contributed by atoms with E-state index >= 15 is 0 Å². The predicted molar refractivity (Wildman–Crippen MR) is 96.0 cm³/mol. The number of Topliss-reactive ketones (excluding diaryl/α,β-unsaturated/α-hetero) is 1. The number of carbonyl (C=O) groups is 1. The van der Waals surface area contributed by atoms with E-state index in [0.717, 1.165) is 15.8 Å². The molecule has 0 amide bonds. The number of carbonyl (C=O) groups excluding carboxylic acids is 1. The van der Waals surface area contributed by atoms with Crippen molar-refractivity contribution in [3.63, 3.8) is 0 Å². The minimum absolute atomic E-state index is 0.0295. The summed E-state index contributed by atoms with van der Waals surface area (Å²) in [5.41, 5.74) is 2.34. The van der Waals surface area contributed by atoms with Crippen LogP contribution in [0.2, 0.25) is 0 Å². The summed E-state index contributed by atoms with van der Waals surface area (Å²) in [6.07, 6.45) is 3.50. The molecule has 1 N–H and O–H groups in total. The van der Waals surface area contributed by atoms with Gasteiger partial charge < -0.3 is 5.32 Å². The number of ketones is 1. The summed E-state index contributed by atoms with van der Waals surface area (Å²) in [5.74, 6) is 0.620. The zero-order valence-electron chi connectivity index (χ0n) is 12.8. The van der Waals surface area contributed by atoms with Crippen LogP contribution in [0.4, 0.5) is 5.69 Å². The van der Waals surface area contributed by atoms with E-state index in [0.29, 0.717) is 11.4 Å². The van der Waals surface area contributed by atoms with Gasteiger partial charge in [0.05, 0.1) is 5.69 Å². The first-order valence-electron chi connectivity index (χ1n) is 7.22. The van der Waals surface area contributed by atoms with Crippen LogP contribution in [0.25, 0.3) is 11.8 Å². The van der Waals surface area contributed by atoms with E-state index in [-0.39, 0.29) is 5.78 Å². The van der Waals surface area contributed by atoms with Gasteiger partial charge in [-0.05, 0) is 53.7 Å². The number of aromatic nitrogens is 4. The fourth-order valence-electron chi connectivity index (χ4n) is 2.10. The van der Waals surface area contributed by atoms with Gasteiger partial charge in [-0.15, -0.1) is 5.10 Å². The highest BCUT2D eigenvalue weighted by molar-refractivity contribution is 9.10. The van der Waals surface area contributed by atoms with Crippen LogP contribution in [0.3, 0.4) is 0 Å². The van der Waals surface area contributed by atoms with Gasteiger partial charge in [-0.3, -0.25) is 4.79 Å². The standard InChI is InChI=1S/C17H14BrN5O/c1-12(24)13-3-2-4-15(11-13)19-10-9-17-20-21-22-23(17)16-7-5-14(18)6-8-16/h2-11,19H,1H3. The van der Waals surface area contributed by atoms with Crippen molar-refractivity contribution in [1.82, 2.24) is 20.2 Å². The van der Waals surface area contributed by atoms with Gasteiger partial charge in [0.25, 0.3) is 0 Å². The summed E-state index contributed by atoms with van der Waals surface area (Å²) in [6.45, 7) is 1.54. The maximum Gasteiger partial charge on any atom is 0.181 e. The molecule has 0 radical (unpaired) electrons. The lowest BCUT2D eigenvalue weighted by atomic mass is 10.1. The molecule has 1 heterocycles. The molecule has 0 fully saturated rings. The number of tetrazole rings is 1. The molecule has 6 nitrogen and oxygen atoms in total. The Labute approximate surface area is 147 Å². The zero-order chi connectivity index (χ0) is 16.9. The van der Waals surface area contributed by atoms with Crippen molar-refractivity contribution in [2.75, 3.05) is 5.32 Å². The van der Waals surface area contributed by atoms with Crippen LogP contribution in [0.1, 0.15) is 23.1 Å². The number of hydrogen-bond donors (Lipinski definition) is 1. The molecule has 24 heavy (non-hydrogen) atoms. The fraction of sp³-hybridized carbons (Fsp3) is 0.0588. The second-order valence-corrected chi connectivity index (χ2v) is 5.96. The molecule has 0 aliphatic carbocycles. The van der Waals surface area contributed by atoms with Crippen LogP contribution in [0, 0.1) is 0 Å². The fourth-order valence-corrected chi connectivity index (χ4v) is 2.37. The number of anilines is 1. The number of halogens is 1. The predicted octanol–water partition coefficient (Wildman–Crippen LogP) is 3.71. The van der Waals surface area contributed by atoms with E-state index in [4.69, 9.17) is 0 Å². The number of rotatable bonds is 5. The van der Waals surface area contributed by atoms with E-state index in [2.05, 4.69) is 36.8 Å². The second-order valence-electron chi connectivity index (χ2n) is 5.04. The molecule has 2 aromatic carbocycles. The summed E-state index contributed by atoms with van der Waals surface area (Å²) in [5, 5.41) is 14.8. The van der Waals surface area contributed by atoms with Gasteiger partial charge in [-0.2, -0.15) is 4.68 Å². The number of nitrogens with one attached hydrogen (secondary N) is 1. The van der Waals surface area contributed by atoms with Crippen LogP contribution >= 0.6 is 15.9 Å². The van der Waals surface area contributed by atoms with Gasteiger partial charge in [0.2, 0.25) is 0 Å². The van der Waals surface area contributed by atoms with Gasteiger partial charge in [0.15, 0.2) is 11.6 Å². The van der Waals surface area contributed by atoms with E-state index in [1.165, 1.54) is 0 Å². The summed E-state index contributed by atoms with van der Waals surface area (Å²) < 4.78 is 2.62. The van der Waals surface area contributed by atoms with Gasteiger partial charge in [0, 0.05) is 28.0 Å². The van der Waals surface area contributed by atoms with E-state index in [9.17, 15) is 4.79 Å². The van der Waals surface area contributed by atoms with Crippen LogP contribution in [-0.2, 0) is 0 Å². The molecule has 0 saturated carbocycles. The summed E-state index contributed by atoms with van der Waals surface area (Å²) in [4.78, 5) is 11.4. The lowest BCUT2D eigenvalue weighted by Crippen LogP contribution is -2.00. The monoisotopic (exact) mass is 383 g/mol. The lowest BCUT2D eigenvalue weighted by Gasteiger charge is -2.03. The molecule has 3 aromatic rings. The molecule has 7 heteroatoms. The third kappa shape index (κ3) is 3.75. The number of hydrogen-bond acceptors (Lipinski definition) is 5. The second kappa shape index (κ2) is 7.18. The maximum atomic E-state index is 11.4. The molecule has 0 unspecified atom stereocenters. The van der Waals surface area contributed by atoms with Crippen LogP contribution in [-0.4, -0.2) is 26.0 Å². The molecule has 120 valence electrons.